The molecule has 0 unspecified atom stereocenters. The number of carbonyl (C=O) groups is 1. The molecule has 4 heteroatoms. The van der Waals surface area contributed by atoms with Gasteiger partial charge < -0.3 is 4.98 Å². The molecule has 1 aromatic heterocycles. The first-order valence-corrected chi connectivity index (χ1v) is 5.25. The highest BCUT2D eigenvalue weighted by atomic mass is 79.9. The Morgan fingerprint density at radius 2 is 2.21 bits per heavy atom. The monoisotopic (exact) mass is 271 g/mol. The van der Waals surface area contributed by atoms with Crippen LogP contribution in [0, 0.1) is 0 Å². The third-order valence-electron chi connectivity index (χ3n) is 2.07. The number of carbonyl (C=O) groups excluding carboxylic acids is 1. The molecule has 0 radical (unpaired) electrons. The molecule has 2 aromatic rings. The number of hydrogen-bond donors (Lipinski definition) is 1. The summed E-state index contributed by atoms with van der Waals surface area (Å²) < 4.78 is 0.780. The van der Waals surface area contributed by atoms with Gasteiger partial charge in [-0.05, 0) is 22.0 Å². The molecule has 0 fully saturated rings. The molecule has 2 rings (SSSR count). The zero-order valence-electron chi connectivity index (χ0n) is 7.40. The molecule has 0 aliphatic rings. The van der Waals surface area contributed by atoms with Crippen LogP contribution >= 0.6 is 27.5 Å². The fourth-order valence-electron chi connectivity index (χ4n) is 1.39. The van der Waals surface area contributed by atoms with E-state index in [1.807, 2.05) is 12.1 Å². The lowest BCUT2D eigenvalue weighted by molar-refractivity contribution is 0.101. The molecule has 0 amide bonds. The summed E-state index contributed by atoms with van der Waals surface area (Å²) in [7, 11) is 0. The largest absolute Gasteiger partial charge is 0.350 e. The number of nitrogens with one attached hydrogen (secondary N) is 1. The van der Waals surface area contributed by atoms with Crippen molar-refractivity contribution >= 4 is 44.2 Å². The molecule has 1 N–H and O–H groups in total. The number of aromatic amines is 1. The van der Waals surface area contributed by atoms with Crippen molar-refractivity contribution in [3.05, 3.63) is 33.4 Å². The van der Waals surface area contributed by atoms with Gasteiger partial charge in [-0.3, -0.25) is 4.79 Å². The molecule has 0 saturated carbocycles. The van der Waals surface area contributed by atoms with Crippen LogP contribution in [0.15, 0.2) is 22.7 Å². The van der Waals surface area contributed by atoms with E-state index in [0.717, 1.165) is 15.4 Å². The van der Waals surface area contributed by atoms with Crippen LogP contribution in [0.4, 0.5) is 0 Å². The van der Waals surface area contributed by atoms with Crippen LogP contribution in [0.25, 0.3) is 10.9 Å². The lowest BCUT2D eigenvalue weighted by Gasteiger charge is -1.91. The highest BCUT2D eigenvalue weighted by Gasteiger charge is 2.13. The predicted molar refractivity (Wildman–Crippen MR) is 61.0 cm³/mol. The summed E-state index contributed by atoms with van der Waals surface area (Å²) in [4.78, 5) is 14.2. The van der Waals surface area contributed by atoms with Gasteiger partial charge in [0, 0.05) is 12.3 Å². The number of H-pyrrole nitrogens is 1. The van der Waals surface area contributed by atoms with E-state index in [9.17, 15) is 4.79 Å². The first-order chi connectivity index (χ1) is 6.61. The van der Waals surface area contributed by atoms with Crippen molar-refractivity contribution in [1.82, 2.24) is 4.98 Å². The summed E-state index contributed by atoms with van der Waals surface area (Å²) in [6, 6.07) is 5.55. The van der Waals surface area contributed by atoms with E-state index in [1.165, 1.54) is 6.92 Å². The van der Waals surface area contributed by atoms with Crippen molar-refractivity contribution in [1.29, 1.82) is 0 Å². The second-order valence-corrected chi connectivity index (χ2v) is 4.23. The van der Waals surface area contributed by atoms with Gasteiger partial charge in [-0.25, -0.2) is 0 Å². The van der Waals surface area contributed by atoms with Crippen LogP contribution in [0.3, 0.4) is 0 Å². The lowest BCUT2D eigenvalue weighted by Crippen LogP contribution is -1.91. The summed E-state index contributed by atoms with van der Waals surface area (Å²) in [6.07, 6.45) is 0. The van der Waals surface area contributed by atoms with Gasteiger partial charge in [-0.15, -0.1) is 0 Å². The smallest absolute Gasteiger partial charge is 0.177 e. The van der Waals surface area contributed by atoms with Gasteiger partial charge in [0.15, 0.2) is 5.78 Å². The maximum atomic E-state index is 11.2. The van der Waals surface area contributed by atoms with Gasteiger partial charge in [0.25, 0.3) is 0 Å². The lowest BCUT2D eigenvalue weighted by atomic mass is 10.2. The number of fused-ring (bicyclic) bond motifs is 1. The Hall–Kier alpha value is -0.800. The Bertz CT molecular complexity index is 518. The minimum Gasteiger partial charge on any atom is -0.350 e. The molecular weight excluding hydrogens is 265 g/mol. The molecule has 0 atom stereocenters. The molecule has 72 valence electrons. The maximum absolute atomic E-state index is 11.2. The van der Waals surface area contributed by atoms with E-state index in [1.54, 1.807) is 6.07 Å². The third kappa shape index (κ3) is 1.37. The van der Waals surface area contributed by atoms with E-state index < -0.39 is 0 Å². The Kier molecular flexibility index (Phi) is 2.37. The number of para-hydroxylation sites is 1. The van der Waals surface area contributed by atoms with E-state index >= 15 is 0 Å². The Morgan fingerprint density at radius 1 is 1.50 bits per heavy atom. The first-order valence-electron chi connectivity index (χ1n) is 4.08. The van der Waals surface area contributed by atoms with Crippen molar-refractivity contribution in [2.75, 3.05) is 0 Å². The summed E-state index contributed by atoms with van der Waals surface area (Å²) >= 11 is 9.36. The van der Waals surface area contributed by atoms with E-state index in [-0.39, 0.29) is 5.78 Å². The van der Waals surface area contributed by atoms with Gasteiger partial charge in [-0.1, -0.05) is 23.7 Å². The van der Waals surface area contributed by atoms with Gasteiger partial charge in [0.1, 0.15) is 0 Å². The SMILES string of the molecule is CC(=O)c1[nH]c2c(Cl)cccc2c1Br. The Labute approximate surface area is 94.4 Å². The number of hydrogen-bond acceptors (Lipinski definition) is 1. The van der Waals surface area contributed by atoms with Crippen LogP contribution in [0.2, 0.25) is 5.02 Å². The van der Waals surface area contributed by atoms with Crippen molar-refractivity contribution in [2.45, 2.75) is 6.92 Å². The standard InChI is InChI=1S/C10H7BrClNO/c1-5(14)9-8(11)6-3-2-4-7(12)10(6)13-9/h2-4,13H,1H3. The van der Waals surface area contributed by atoms with Crippen LogP contribution in [0.5, 0.6) is 0 Å². The van der Waals surface area contributed by atoms with Gasteiger partial charge in [0.2, 0.25) is 0 Å². The highest BCUT2D eigenvalue weighted by Crippen LogP contribution is 2.31. The van der Waals surface area contributed by atoms with Crippen molar-refractivity contribution in [3.63, 3.8) is 0 Å². The van der Waals surface area contributed by atoms with Gasteiger partial charge in [0.05, 0.1) is 20.7 Å². The summed E-state index contributed by atoms with van der Waals surface area (Å²) in [5, 5.41) is 1.55. The van der Waals surface area contributed by atoms with Crippen LogP contribution in [0.1, 0.15) is 17.4 Å². The normalized spacial score (nSPS) is 10.8. The average Bonchev–Trinajstić information content (AvgIpc) is 2.46. The van der Waals surface area contributed by atoms with Gasteiger partial charge >= 0.3 is 0 Å². The average molecular weight is 273 g/mol. The quantitative estimate of drug-likeness (QED) is 0.787. The highest BCUT2D eigenvalue weighted by molar-refractivity contribution is 9.10. The zero-order chi connectivity index (χ0) is 10.3. The third-order valence-corrected chi connectivity index (χ3v) is 3.21. The van der Waals surface area contributed by atoms with Crippen molar-refractivity contribution < 1.29 is 4.79 Å². The fraction of sp³-hybridized carbons (Fsp3) is 0.100. The fourth-order valence-corrected chi connectivity index (χ4v) is 2.32. The molecule has 0 spiro atoms. The number of ketones is 1. The molecule has 14 heavy (non-hydrogen) atoms. The molecule has 1 heterocycles. The number of rotatable bonds is 1. The summed E-state index contributed by atoms with van der Waals surface area (Å²) in [5.74, 6) is -0.0101. The Morgan fingerprint density at radius 3 is 2.79 bits per heavy atom. The van der Waals surface area contributed by atoms with Crippen LogP contribution < -0.4 is 0 Å². The Balaban J connectivity index is 2.86. The van der Waals surface area contributed by atoms with Crippen LogP contribution in [-0.2, 0) is 0 Å². The molecule has 1 aromatic carbocycles. The molecular formula is C10H7BrClNO. The number of Topliss-reactive ketones (excluding diaryl/α,β-unsaturated/α-hetero) is 1. The van der Waals surface area contributed by atoms with E-state index in [4.69, 9.17) is 11.6 Å². The molecule has 0 saturated heterocycles. The minimum absolute atomic E-state index is 0.0101. The zero-order valence-corrected chi connectivity index (χ0v) is 9.74. The molecule has 0 bridgehead atoms. The van der Waals surface area contributed by atoms with Crippen molar-refractivity contribution in [2.24, 2.45) is 0 Å². The minimum atomic E-state index is -0.0101. The van der Waals surface area contributed by atoms with Crippen LogP contribution in [-0.4, -0.2) is 10.8 Å². The van der Waals surface area contributed by atoms with Gasteiger partial charge in [-0.2, -0.15) is 0 Å². The molecule has 0 aliphatic carbocycles. The molecule has 0 aliphatic heterocycles. The maximum Gasteiger partial charge on any atom is 0.177 e. The number of aromatic nitrogens is 1. The van der Waals surface area contributed by atoms with Crippen molar-refractivity contribution in [3.8, 4) is 0 Å². The molecule has 2 nitrogen and oxygen atoms in total. The topological polar surface area (TPSA) is 32.9 Å². The second-order valence-electron chi connectivity index (χ2n) is 3.03. The predicted octanol–water partition coefficient (Wildman–Crippen LogP) is 3.79. The van der Waals surface area contributed by atoms with E-state index in [2.05, 4.69) is 20.9 Å². The number of halogens is 2. The van der Waals surface area contributed by atoms with E-state index in [0.29, 0.717) is 10.7 Å². The first kappa shape index (κ1) is 9.74. The second kappa shape index (κ2) is 3.41. The number of benzene rings is 1. The summed E-state index contributed by atoms with van der Waals surface area (Å²) in [5.41, 5.74) is 1.36. The summed E-state index contributed by atoms with van der Waals surface area (Å²) in [6.45, 7) is 1.52.